The Morgan fingerprint density at radius 1 is 0.368 bits per heavy atom. The maximum Gasteiger partial charge on any atom is 0.322 e. The molecule has 1 saturated heterocycles. The number of rotatable bonds is 20. The quantitative estimate of drug-likeness (QED) is 0.0337. The van der Waals surface area contributed by atoms with E-state index in [2.05, 4.69) is 162 Å². The number of H-pyrrole nitrogens is 8. The van der Waals surface area contributed by atoms with Crippen molar-refractivity contribution in [1.29, 1.82) is 0 Å². The summed E-state index contributed by atoms with van der Waals surface area (Å²) < 4.78 is 5.30. The van der Waals surface area contributed by atoms with Crippen LogP contribution in [0.4, 0.5) is 27.5 Å². The molecule has 0 atom stereocenters. The number of nitrogens with zero attached hydrogens (tertiary/aromatic N) is 21. The molecular formula is C90H77N37O9. The number of fused-ring (bicyclic) bond motifs is 8. The van der Waals surface area contributed by atoms with Crippen LogP contribution in [0.1, 0.15) is 88.4 Å². The van der Waals surface area contributed by atoms with Crippen molar-refractivity contribution in [2.45, 2.75) is 47.0 Å². The lowest BCUT2D eigenvalue weighted by Gasteiger charge is -2.26. The highest BCUT2D eigenvalue weighted by atomic mass is 16.5. The molecule has 0 unspecified atom stereocenters. The van der Waals surface area contributed by atoms with Crippen molar-refractivity contribution in [2.75, 3.05) is 47.6 Å². The minimum absolute atomic E-state index is 0.0225. The number of primary amides is 4. The molecule has 9 amide bonds. The number of amides is 9. The van der Waals surface area contributed by atoms with Crippen molar-refractivity contribution in [3.63, 3.8) is 0 Å². The minimum Gasteiger partial charge on any atom is -0.378 e. The molecule has 22 rings (SSSR count). The zero-order valence-electron chi connectivity index (χ0n) is 72.2. The van der Waals surface area contributed by atoms with Crippen LogP contribution in [0.3, 0.4) is 0 Å². The lowest BCUT2D eigenvalue weighted by atomic mass is 10.1. The largest absolute Gasteiger partial charge is 0.378 e. The smallest absolute Gasteiger partial charge is 0.322 e. The van der Waals surface area contributed by atoms with Crippen molar-refractivity contribution in [1.82, 2.24) is 145 Å². The second-order valence-corrected chi connectivity index (χ2v) is 32.3. The molecule has 676 valence electrons. The highest BCUT2D eigenvalue weighted by Crippen LogP contribution is 2.38. The Balaban J connectivity index is 0.000000116. The fourth-order valence-corrected chi connectivity index (χ4v) is 15.0. The molecule has 46 nitrogen and oxygen atoms in total. The van der Waals surface area contributed by atoms with Crippen LogP contribution in [-0.4, -0.2) is 219 Å². The first-order valence-corrected chi connectivity index (χ1v) is 42.2. The van der Waals surface area contributed by atoms with Gasteiger partial charge in [0.15, 0.2) is 45.9 Å². The number of hydrogen-bond acceptors (Lipinski definition) is 29. The second kappa shape index (κ2) is 36.6. The highest BCUT2D eigenvalue weighted by molar-refractivity contribution is 6.09. The predicted octanol–water partition coefficient (Wildman–Crippen LogP) is 10.0. The van der Waals surface area contributed by atoms with Gasteiger partial charge in [-0.3, -0.25) is 93.8 Å². The van der Waals surface area contributed by atoms with Gasteiger partial charge in [0, 0.05) is 150 Å². The molecule has 20 aromatic heterocycles. The Morgan fingerprint density at radius 2 is 0.662 bits per heavy atom. The molecule has 46 heteroatoms. The lowest BCUT2D eigenvalue weighted by Crippen LogP contribution is -2.43. The summed E-state index contributed by atoms with van der Waals surface area (Å²) in [5.41, 5.74) is 39.8. The molecule has 136 heavy (non-hydrogen) atoms. The first kappa shape index (κ1) is 86.5. The standard InChI is InChI=1S/C23H20N10O3.C23H21N9O2.C22H17N9O2.C22H19N9O2/c24-20(34)16-10-26-11-17-18(16)30-22(29-17)19-15-6-13(8-27-21(15)32-31-19)12-5-14(9-25-7-12)28-23(35)33-1-3-36-4-2-33;1-11(2)3-18(33)28-14-4-12(6-25-8-14)13-5-15-20(31-32-22(15)27-7-13)23-29-17-10-26-9-16(21(24)34)19(17)30-23;23-19(32)15-8-25-9-16-17(15)29-21(28-16)18-14-4-12(6-26-20(14)31-30-18)11-3-13(7-24-5-11)27-22(33)10-1-2-10;1-10(2)22(33)27-13-3-11(5-24-7-13)12-4-14-18(30-31-20(14)26-6-12)21-28-16-9-25-8-15(19(23)32)17(16)29-21/h5-11H,1-4H2,(H2,24,34)(H,28,35)(H,29,30)(H,27,31,32);4-11H,3H2,1-2H3,(H2,24,34)(H,28,33)(H,29,30)(H,27,31,32);3-10H,1-2H2,(H2,23,32)(H,27,33)(H,28,29)(H,26,30,31);3-10H,1-2H3,(H2,23,32)(H,27,33)(H,28,29)(H,26,30,31). The Hall–Kier alpha value is -18.9. The Bertz CT molecular complexity index is 7930. The number of carbonyl (C=O) groups excluding carboxylic acids is 8. The van der Waals surface area contributed by atoms with E-state index >= 15 is 0 Å². The number of nitrogens with two attached hydrogens (primary N) is 4. The second-order valence-electron chi connectivity index (χ2n) is 32.3. The molecule has 0 aromatic carbocycles. The topological polar surface area (TPSA) is 685 Å². The maximum atomic E-state index is 12.6. The van der Waals surface area contributed by atoms with Crippen LogP contribution in [0.5, 0.6) is 0 Å². The third-order valence-corrected chi connectivity index (χ3v) is 21.9. The number of hydrogen-bond donors (Lipinski definition) is 16. The Morgan fingerprint density at radius 3 is 0.963 bits per heavy atom. The van der Waals surface area contributed by atoms with Gasteiger partial charge in [-0.05, 0) is 67.3 Å². The average Bonchev–Trinajstić information content (AvgIpc) is 1.63. The van der Waals surface area contributed by atoms with Crippen LogP contribution in [0.25, 0.3) is 179 Å². The molecule has 0 bridgehead atoms. The number of anilines is 4. The number of imidazole rings is 4. The van der Waals surface area contributed by atoms with Crippen molar-refractivity contribution < 1.29 is 43.1 Å². The molecule has 1 saturated carbocycles. The number of nitrogens with one attached hydrogen (secondary N) is 12. The molecule has 21 heterocycles. The summed E-state index contributed by atoms with van der Waals surface area (Å²) in [6.07, 6.45) is 34.1. The van der Waals surface area contributed by atoms with Gasteiger partial charge in [-0.25, -0.2) is 44.7 Å². The average molecular weight is 1820 g/mol. The summed E-state index contributed by atoms with van der Waals surface area (Å²) in [4.78, 5) is 179. The molecular weight excluding hydrogens is 1740 g/mol. The van der Waals surface area contributed by atoms with Crippen molar-refractivity contribution in [3.05, 3.63) is 195 Å². The van der Waals surface area contributed by atoms with Gasteiger partial charge < -0.3 is 73.8 Å². The SMILES string of the molecule is CC(C)C(=O)Nc1cncc(-c2cnc3n[nH]c(-c4nc5c(C(N)=O)cncc5[nH]4)c3c2)c1.CC(C)CC(=O)Nc1cncc(-c2cnc3n[nH]c(-c4nc5c(C(N)=O)cncc5[nH]4)c3c2)c1.NC(=O)c1cncc2[nH]c(-c3[nH]nc4ncc(-c5cncc(NC(=O)C6CC6)c5)cc34)nc12.NC(=O)c1cncc2[nH]c(-c3[nH]nc4ncc(-c5cncc(NC(=O)N6CCOCC6)c5)cc34)nc12. The zero-order chi connectivity index (χ0) is 94.1. The van der Waals surface area contributed by atoms with Gasteiger partial charge in [0.25, 0.3) is 23.6 Å². The summed E-state index contributed by atoms with van der Waals surface area (Å²) in [6.45, 7) is 9.77. The molecule has 20 aromatic rings. The Kier molecular flexibility index (Phi) is 23.2. The van der Waals surface area contributed by atoms with E-state index in [0.29, 0.717) is 174 Å². The lowest BCUT2D eigenvalue weighted by molar-refractivity contribution is -0.119. The van der Waals surface area contributed by atoms with Gasteiger partial charge >= 0.3 is 6.03 Å². The molecule has 2 fully saturated rings. The number of morpholine rings is 1. The number of urea groups is 1. The summed E-state index contributed by atoms with van der Waals surface area (Å²) in [5, 5.41) is 43.3. The van der Waals surface area contributed by atoms with E-state index in [1.54, 1.807) is 104 Å². The summed E-state index contributed by atoms with van der Waals surface area (Å²) >= 11 is 0. The van der Waals surface area contributed by atoms with Crippen LogP contribution >= 0.6 is 0 Å². The first-order valence-electron chi connectivity index (χ1n) is 42.2. The molecule has 2 aliphatic rings. The number of carbonyl (C=O) groups is 8. The summed E-state index contributed by atoms with van der Waals surface area (Å²) in [7, 11) is 0. The van der Waals surface area contributed by atoms with E-state index in [0.717, 1.165) is 73.5 Å². The molecule has 0 spiro atoms. The molecule has 1 aliphatic carbocycles. The van der Waals surface area contributed by atoms with Crippen LogP contribution in [0, 0.1) is 17.8 Å². The minimum atomic E-state index is -0.613. The molecule has 20 N–H and O–H groups in total. The van der Waals surface area contributed by atoms with E-state index in [1.165, 1.54) is 24.8 Å². The van der Waals surface area contributed by atoms with Crippen molar-refractivity contribution in [3.8, 4) is 90.6 Å². The summed E-state index contributed by atoms with van der Waals surface area (Å²) in [5.74, 6) is -0.459. The van der Waals surface area contributed by atoms with Crippen LogP contribution < -0.4 is 44.2 Å². The number of aromatic amines is 8. The van der Waals surface area contributed by atoms with Crippen molar-refractivity contribution >= 4 is 158 Å². The van der Waals surface area contributed by atoms with Gasteiger partial charge in [-0.2, -0.15) is 20.4 Å². The monoisotopic (exact) mass is 1820 g/mol. The number of pyridine rings is 12. The van der Waals surface area contributed by atoms with Crippen molar-refractivity contribution in [2.24, 2.45) is 40.7 Å². The van der Waals surface area contributed by atoms with Gasteiger partial charge in [-0.1, -0.05) is 27.7 Å². The van der Waals surface area contributed by atoms with Gasteiger partial charge in [0.05, 0.1) is 151 Å². The number of aromatic nitrogens is 28. The van der Waals surface area contributed by atoms with E-state index < -0.39 is 23.6 Å². The van der Waals surface area contributed by atoms with Crippen LogP contribution in [0.15, 0.2) is 172 Å². The first-order chi connectivity index (χ1) is 65.9. The van der Waals surface area contributed by atoms with Gasteiger partial charge in [0.1, 0.15) is 44.8 Å². The van der Waals surface area contributed by atoms with E-state index in [-0.39, 0.29) is 63.8 Å². The molecule has 1 aliphatic heterocycles. The predicted molar refractivity (Wildman–Crippen MR) is 498 cm³/mol. The highest BCUT2D eigenvalue weighted by Gasteiger charge is 2.31. The van der Waals surface area contributed by atoms with Crippen LogP contribution in [-0.2, 0) is 19.1 Å². The zero-order valence-corrected chi connectivity index (χ0v) is 72.2. The van der Waals surface area contributed by atoms with Gasteiger partial charge in [-0.15, -0.1) is 0 Å². The van der Waals surface area contributed by atoms with Gasteiger partial charge in [0.2, 0.25) is 17.7 Å². The fraction of sp³-hybridized carbons (Fsp3) is 0.156. The Labute approximate surface area is 763 Å². The summed E-state index contributed by atoms with van der Waals surface area (Å²) in [6, 6.07) is 14.8. The fourth-order valence-electron chi connectivity index (χ4n) is 15.0. The van der Waals surface area contributed by atoms with E-state index in [4.69, 9.17) is 27.7 Å². The molecule has 0 radical (unpaired) electrons. The van der Waals surface area contributed by atoms with E-state index in [1.807, 2.05) is 76.2 Å². The maximum absolute atomic E-state index is 12.6. The van der Waals surface area contributed by atoms with Crippen LogP contribution in [0.2, 0.25) is 0 Å². The normalized spacial score (nSPS) is 12.5. The van der Waals surface area contributed by atoms with E-state index in [9.17, 15) is 38.4 Å². The third kappa shape index (κ3) is 18.0. The number of ether oxygens (including phenoxy) is 1. The third-order valence-electron chi connectivity index (χ3n) is 21.9.